The fourth-order valence-electron chi connectivity index (χ4n) is 1.52. The fraction of sp³-hybridized carbons (Fsp3) is 0.364. The first kappa shape index (κ1) is 9.59. The summed E-state index contributed by atoms with van der Waals surface area (Å²) in [7, 11) is 0. The van der Waals surface area contributed by atoms with E-state index in [2.05, 4.69) is 6.92 Å². The third kappa shape index (κ3) is 1.93. The van der Waals surface area contributed by atoms with Gasteiger partial charge in [-0.15, -0.1) is 0 Å². The first-order chi connectivity index (χ1) is 6.77. The molecular formula is C11H13NOS. The molecule has 74 valence electrons. The Hall–Kier alpha value is -0.960. The predicted octanol–water partition coefficient (Wildman–Crippen LogP) is 2.07. The molecule has 1 aliphatic rings. The van der Waals surface area contributed by atoms with Gasteiger partial charge >= 0.3 is 0 Å². The maximum absolute atomic E-state index is 11.6. The van der Waals surface area contributed by atoms with E-state index in [1.807, 2.05) is 29.2 Å². The summed E-state index contributed by atoms with van der Waals surface area (Å²) >= 11 is 1.71. The fourth-order valence-corrected chi connectivity index (χ4v) is 2.30. The van der Waals surface area contributed by atoms with Gasteiger partial charge in [0.2, 0.25) is 5.91 Å². The standard InChI is InChI=1S/C11H13NOS/c1-9-2-4-10(5-3-9)12-6-7-14-8-11(12)13/h2-5H,6-8H2,1H3. The van der Waals surface area contributed by atoms with Gasteiger partial charge in [0.05, 0.1) is 5.75 Å². The Morgan fingerprint density at radius 3 is 2.64 bits per heavy atom. The molecule has 14 heavy (non-hydrogen) atoms. The maximum Gasteiger partial charge on any atom is 0.237 e. The van der Waals surface area contributed by atoms with Gasteiger partial charge in [0.25, 0.3) is 0 Å². The molecule has 0 radical (unpaired) electrons. The Morgan fingerprint density at radius 1 is 1.29 bits per heavy atom. The number of carbonyl (C=O) groups is 1. The minimum absolute atomic E-state index is 0.227. The van der Waals surface area contributed by atoms with Crippen LogP contribution < -0.4 is 4.90 Å². The van der Waals surface area contributed by atoms with Crippen LogP contribution >= 0.6 is 11.8 Å². The van der Waals surface area contributed by atoms with Crippen LogP contribution in [0.25, 0.3) is 0 Å². The molecule has 2 nitrogen and oxygen atoms in total. The third-order valence-corrected chi connectivity index (χ3v) is 3.25. The Balaban J connectivity index is 2.20. The van der Waals surface area contributed by atoms with Gasteiger partial charge in [0.15, 0.2) is 0 Å². The average molecular weight is 207 g/mol. The summed E-state index contributed by atoms with van der Waals surface area (Å²) in [5.41, 5.74) is 2.26. The second-order valence-electron chi connectivity index (χ2n) is 3.43. The van der Waals surface area contributed by atoms with Crippen LogP contribution in [-0.4, -0.2) is 24.0 Å². The number of hydrogen-bond acceptors (Lipinski definition) is 2. The molecule has 1 fully saturated rings. The summed E-state index contributed by atoms with van der Waals surface area (Å²) in [6.45, 7) is 2.89. The van der Waals surface area contributed by atoms with Crippen LogP contribution in [0, 0.1) is 6.92 Å². The van der Waals surface area contributed by atoms with E-state index in [4.69, 9.17) is 0 Å². The Bertz CT molecular complexity index is 334. The Labute approximate surface area is 88.3 Å². The molecular weight excluding hydrogens is 194 g/mol. The zero-order chi connectivity index (χ0) is 9.97. The Morgan fingerprint density at radius 2 is 2.00 bits per heavy atom. The first-order valence-electron chi connectivity index (χ1n) is 4.72. The highest BCUT2D eigenvalue weighted by Gasteiger charge is 2.19. The molecule has 0 aliphatic carbocycles. The zero-order valence-corrected chi connectivity index (χ0v) is 9.01. The zero-order valence-electron chi connectivity index (χ0n) is 8.19. The molecule has 0 bridgehead atoms. The third-order valence-electron chi connectivity index (χ3n) is 2.33. The first-order valence-corrected chi connectivity index (χ1v) is 5.87. The summed E-state index contributed by atoms with van der Waals surface area (Å²) in [5.74, 6) is 1.89. The lowest BCUT2D eigenvalue weighted by molar-refractivity contribution is -0.116. The second kappa shape index (κ2) is 4.05. The molecule has 3 heteroatoms. The number of rotatable bonds is 1. The van der Waals surface area contributed by atoms with Crippen LogP contribution in [0.1, 0.15) is 5.56 Å². The summed E-state index contributed by atoms with van der Waals surface area (Å²) in [6, 6.07) is 8.13. The van der Waals surface area contributed by atoms with Crippen molar-refractivity contribution < 1.29 is 4.79 Å². The molecule has 0 atom stereocenters. The van der Waals surface area contributed by atoms with Gasteiger partial charge in [-0.25, -0.2) is 0 Å². The van der Waals surface area contributed by atoms with E-state index >= 15 is 0 Å². The van der Waals surface area contributed by atoms with Crippen molar-refractivity contribution in [1.82, 2.24) is 0 Å². The highest BCUT2D eigenvalue weighted by molar-refractivity contribution is 8.00. The second-order valence-corrected chi connectivity index (χ2v) is 4.54. The number of carbonyl (C=O) groups excluding carboxylic acids is 1. The van der Waals surface area contributed by atoms with Crippen LogP contribution in [0.3, 0.4) is 0 Å². The molecule has 0 aromatic heterocycles. The van der Waals surface area contributed by atoms with Crippen LogP contribution in [0.5, 0.6) is 0 Å². The van der Waals surface area contributed by atoms with E-state index < -0.39 is 0 Å². The monoisotopic (exact) mass is 207 g/mol. The van der Waals surface area contributed by atoms with E-state index in [0.717, 1.165) is 18.0 Å². The number of nitrogens with zero attached hydrogens (tertiary/aromatic N) is 1. The smallest absolute Gasteiger partial charge is 0.237 e. The maximum atomic E-state index is 11.6. The van der Waals surface area contributed by atoms with Gasteiger partial charge < -0.3 is 4.90 Å². The lowest BCUT2D eigenvalue weighted by Gasteiger charge is -2.26. The highest BCUT2D eigenvalue weighted by Crippen LogP contribution is 2.20. The number of anilines is 1. The van der Waals surface area contributed by atoms with E-state index in [-0.39, 0.29) is 5.91 Å². The minimum Gasteiger partial charge on any atom is -0.311 e. The molecule has 0 N–H and O–H groups in total. The van der Waals surface area contributed by atoms with Gasteiger partial charge in [0, 0.05) is 18.0 Å². The van der Waals surface area contributed by atoms with Crippen LogP contribution in [0.15, 0.2) is 24.3 Å². The van der Waals surface area contributed by atoms with Crippen molar-refractivity contribution in [1.29, 1.82) is 0 Å². The summed E-state index contributed by atoms with van der Waals surface area (Å²) in [6.07, 6.45) is 0. The van der Waals surface area contributed by atoms with Crippen molar-refractivity contribution in [3.63, 3.8) is 0 Å². The van der Waals surface area contributed by atoms with E-state index in [1.54, 1.807) is 11.8 Å². The van der Waals surface area contributed by atoms with Crippen molar-refractivity contribution >= 4 is 23.4 Å². The molecule has 0 unspecified atom stereocenters. The largest absolute Gasteiger partial charge is 0.311 e. The lowest BCUT2D eigenvalue weighted by atomic mass is 10.2. The van der Waals surface area contributed by atoms with Gasteiger partial charge in [-0.2, -0.15) is 11.8 Å². The molecule has 1 aromatic rings. The van der Waals surface area contributed by atoms with Crippen molar-refractivity contribution in [2.75, 3.05) is 23.0 Å². The number of aryl methyl sites for hydroxylation is 1. The van der Waals surface area contributed by atoms with Crippen molar-refractivity contribution in [2.45, 2.75) is 6.92 Å². The van der Waals surface area contributed by atoms with Crippen LogP contribution in [0.2, 0.25) is 0 Å². The SMILES string of the molecule is Cc1ccc(N2CCSCC2=O)cc1. The number of hydrogen-bond donors (Lipinski definition) is 0. The number of benzene rings is 1. The molecule has 2 rings (SSSR count). The molecule has 1 saturated heterocycles. The molecule has 0 saturated carbocycles. The highest BCUT2D eigenvalue weighted by atomic mass is 32.2. The predicted molar refractivity (Wildman–Crippen MR) is 60.9 cm³/mol. The van der Waals surface area contributed by atoms with Crippen molar-refractivity contribution in [2.24, 2.45) is 0 Å². The lowest BCUT2D eigenvalue weighted by Crippen LogP contribution is -2.38. The van der Waals surface area contributed by atoms with Gasteiger partial charge in [-0.3, -0.25) is 4.79 Å². The average Bonchev–Trinajstić information content (AvgIpc) is 2.20. The normalized spacial score (nSPS) is 17.2. The molecule has 1 heterocycles. The van der Waals surface area contributed by atoms with E-state index in [1.165, 1.54) is 5.56 Å². The summed E-state index contributed by atoms with van der Waals surface area (Å²) in [5, 5.41) is 0. The summed E-state index contributed by atoms with van der Waals surface area (Å²) < 4.78 is 0. The van der Waals surface area contributed by atoms with E-state index in [0.29, 0.717) is 5.75 Å². The minimum atomic E-state index is 0.227. The molecule has 1 aromatic carbocycles. The van der Waals surface area contributed by atoms with E-state index in [9.17, 15) is 4.79 Å². The quantitative estimate of drug-likeness (QED) is 0.702. The molecule has 1 amide bonds. The van der Waals surface area contributed by atoms with Crippen molar-refractivity contribution in [3.05, 3.63) is 29.8 Å². The molecule has 1 aliphatic heterocycles. The van der Waals surface area contributed by atoms with Gasteiger partial charge in [-0.1, -0.05) is 17.7 Å². The van der Waals surface area contributed by atoms with Gasteiger partial charge in [0.1, 0.15) is 0 Å². The van der Waals surface area contributed by atoms with Crippen molar-refractivity contribution in [3.8, 4) is 0 Å². The topological polar surface area (TPSA) is 20.3 Å². The summed E-state index contributed by atoms with van der Waals surface area (Å²) in [4.78, 5) is 13.5. The Kier molecular flexibility index (Phi) is 2.77. The van der Waals surface area contributed by atoms with Crippen LogP contribution in [0.4, 0.5) is 5.69 Å². The number of thioether (sulfide) groups is 1. The van der Waals surface area contributed by atoms with Crippen LogP contribution in [-0.2, 0) is 4.79 Å². The number of amides is 1. The molecule has 0 spiro atoms. The van der Waals surface area contributed by atoms with Gasteiger partial charge in [-0.05, 0) is 19.1 Å².